The number of aromatic amines is 1. The Hall–Kier alpha value is -3.68. The monoisotopic (exact) mass is 382 g/mol. The molecular formula is C20H22N4O4. The molecule has 28 heavy (non-hydrogen) atoms. The molecule has 0 saturated heterocycles. The quantitative estimate of drug-likeness (QED) is 0.597. The van der Waals surface area contributed by atoms with Crippen LogP contribution >= 0.6 is 0 Å². The Morgan fingerprint density at radius 1 is 0.929 bits per heavy atom. The lowest BCUT2D eigenvalue weighted by molar-refractivity contribution is 0.262. The van der Waals surface area contributed by atoms with E-state index in [4.69, 9.17) is 14.2 Å². The lowest BCUT2D eigenvalue weighted by atomic mass is 10.1. The fourth-order valence-corrected chi connectivity index (χ4v) is 2.72. The van der Waals surface area contributed by atoms with E-state index in [0.29, 0.717) is 34.3 Å². The molecular weight excluding hydrogens is 360 g/mol. The van der Waals surface area contributed by atoms with Gasteiger partial charge in [0.2, 0.25) is 0 Å². The van der Waals surface area contributed by atoms with Gasteiger partial charge in [0.25, 0.3) is 0 Å². The summed E-state index contributed by atoms with van der Waals surface area (Å²) in [5, 5.41) is 12.9. The van der Waals surface area contributed by atoms with Gasteiger partial charge in [-0.3, -0.25) is 5.10 Å². The van der Waals surface area contributed by atoms with E-state index in [0.717, 1.165) is 11.3 Å². The number of carbonyl (C=O) groups excluding carboxylic acids is 1. The lowest BCUT2D eigenvalue weighted by Crippen LogP contribution is -2.20. The van der Waals surface area contributed by atoms with Crippen LogP contribution in [0.1, 0.15) is 5.69 Å². The first kappa shape index (κ1) is 19.1. The molecule has 2 amide bonds. The van der Waals surface area contributed by atoms with Crippen LogP contribution < -0.4 is 24.8 Å². The predicted molar refractivity (Wildman–Crippen MR) is 108 cm³/mol. The minimum absolute atomic E-state index is 0.378. The number of carbonyl (C=O) groups is 1. The van der Waals surface area contributed by atoms with E-state index in [-0.39, 0.29) is 6.03 Å². The standard InChI is InChI=1S/C20H22N4O4/c1-12-18(22-20(25)21-14-6-8-15(26-2)9-7-14)19(24-23-12)13-5-10-16(27-3)17(11-13)28-4/h5-11H,1-4H3,(H,23,24)(H2,21,22,25). The van der Waals surface area contributed by atoms with Crippen molar-refractivity contribution in [3.8, 4) is 28.5 Å². The van der Waals surface area contributed by atoms with Gasteiger partial charge in [0.15, 0.2) is 11.5 Å². The molecule has 8 nitrogen and oxygen atoms in total. The zero-order valence-electron chi connectivity index (χ0n) is 16.1. The second-order valence-corrected chi connectivity index (χ2v) is 5.95. The fraction of sp³-hybridized carbons (Fsp3) is 0.200. The highest BCUT2D eigenvalue weighted by Crippen LogP contribution is 2.35. The van der Waals surface area contributed by atoms with Gasteiger partial charge in [-0.2, -0.15) is 5.10 Å². The maximum Gasteiger partial charge on any atom is 0.323 e. The molecule has 3 rings (SSSR count). The molecule has 2 aromatic carbocycles. The van der Waals surface area contributed by atoms with Gasteiger partial charge in [-0.25, -0.2) is 4.79 Å². The van der Waals surface area contributed by atoms with Gasteiger partial charge in [0.05, 0.1) is 32.7 Å². The SMILES string of the molecule is COc1ccc(NC(=O)Nc2c(-c3ccc(OC)c(OC)c3)n[nH]c2C)cc1. The summed E-state index contributed by atoms with van der Waals surface area (Å²) in [6.07, 6.45) is 0. The van der Waals surface area contributed by atoms with Crippen molar-refractivity contribution in [3.63, 3.8) is 0 Å². The number of ether oxygens (including phenoxy) is 3. The molecule has 0 unspecified atom stereocenters. The van der Waals surface area contributed by atoms with Gasteiger partial charge in [-0.15, -0.1) is 0 Å². The Morgan fingerprint density at radius 2 is 1.64 bits per heavy atom. The number of nitrogens with one attached hydrogen (secondary N) is 3. The number of aryl methyl sites for hydroxylation is 1. The van der Waals surface area contributed by atoms with Crippen molar-refractivity contribution in [2.45, 2.75) is 6.92 Å². The summed E-state index contributed by atoms with van der Waals surface area (Å²) in [5.74, 6) is 1.91. The van der Waals surface area contributed by atoms with Crippen LogP contribution in [0.2, 0.25) is 0 Å². The van der Waals surface area contributed by atoms with Crippen molar-refractivity contribution in [2.24, 2.45) is 0 Å². The summed E-state index contributed by atoms with van der Waals surface area (Å²) in [4.78, 5) is 12.5. The molecule has 0 atom stereocenters. The van der Waals surface area contributed by atoms with Crippen molar-refractivity contribution in [2.75, 3.05) is 32.0 Å². The van der Waals surface area contributed by atoms with E-state index in [1.165, 1.54) is 0 Å². The zero-order chi connectivity index (χ0) is 20.1. The van der Waals surface area contributed by atoms with E-state index < -0.39 is 0 Å². The van der Waals surface area contributed by atoms with Crippen LogP contribution in [0.25, 0.3) is 11.3 Å². The molecule has 146 valence electrons. The first-order valence-electron chi connectivity index (χ1n) is 8.55. The van der Waals surface area contributed by atoms with Crippen LogP contribution in [0.4, 0.5) is 16.2 Å². The van der Waals surface area contributed by atoms with Crippen LogP contribution in [0.15, 0.2) is 42.5 Å². The number of urea groups is 1. The number of methoxy groups -OCH3 is 3. The van der Waals surface area contributed by atoms with Crippen LogP contribution in [0, 0.1) is 6.92 Å². The van der Waals surface area contributed by atoms with Gasteiger partial charge in [-0.05, 0) is 49.4 Å². The van der Waals surface area contributed by atoms with Gasteiger partial charge in [-0.1, -0.05) is 0 Å². The minimum atomic E-state index is -0.378. The minimum Gasteiger partial charge on any atom is -0.497 e. The molecule has 0 fully saturated rings. The third-order valence-corrected chi connectivity index (χ3v) is 4.19. The fourth-order valence-electron chi connectivity index (χ4n) is 2.72. The Balaban J connectivity index is 1.81. The molecule has 0 aliphatic carbocycles. The maximum absolute atomic E-state index is 12.5. The zero-order valence-corrected chi connectivity index (χ0v) is 16.1. The average molecular weight is 382 g/mol. The van der Waals surface area contributed by atoms with E-state index in [9.17, 15) is 4.79 Å². The third kappa shape index (κ3) is 4.01. The van der Waals surface area contributed by atoms with Crippen LogP contribution in [0.5, 0.6) is 17.2 Å². The number of rotatable bonds is 6. The van der Waals surface area contributed by atoms with Crippen LogP contribution in [-0.2, 0) is 0 Å². The summed E-state index contributed by atoms with van der Waals surface area (Å²) in [6.45, 7) is 1.83. The molecule has 0 radical (unpaired) electrons. The smallest absolute Gasteiger partial charge is 0.323 e. The maximum atomic E-state index is 12.5. The summed E-state index contributed by atoms with van der Waals surface area (Å²) in [7, 11) is 4.73. The first-order valence-corrected chi connectivity index (χ1v) is 8.55. The first-order chi connectivity index (χ1) is 13.5. The molecule has 3 aromatic rings. The Morgan fingerprint density at radius 3 is 2.29 bits per heavy atom. The molecule has 0 aliphatic heterocycles. The third-order valence-electron chi connectivity index (χ3n) is 4.19. The summed E-state index contributed by atoms with van der Waals surface area (Å²) in [5.41, 5.74) is 3.34. The van der Waals surface area contributed by atoms with Crippen LogP contribution in [-0.4, -0.2) is 37.6 Å². The number of benzene rings is 2. The summed E-state index contributed by atoms with van der Waals surface area (Å²) >= 11 is 0. The molecule has 8 heteroatoms. The van der Waals surface area contributed by atoms with E-state index in [1.807, 2.05) is 13.0 Å². The van der Waals surface area contributed by atoms with Crippen molar-refractivity contribution < 1.29 is 19.0 Å². The lowest BCUT2D eigenvalue weighted by Gasteiger charge is -2.11. The summed E-state index contributed by atoms with van der Waals surface area (Å²) < 4.78 is 15.7. The molecule has 0 spiro atoms. The van der Waals surface area contributed by atoms with Gasteiger partial charge >= 0.3 is 6.03 Å². The second-order valence-electron chi connectivity index (χ2n) is 5.95. The number of nitrogens with zero attached hydrogens (tertiary/aromatic N) is 1. The van der Waals surface area contributed by atoms with Gasteiger partial charge in [0.1, 0.15) is 11.4 Å². The Bertz CT molecular complexity index is 967. The molecule has 0 saturated carbocycles. The highest BCUT2D eigenvalue weighted by atomic mass is 16.5. The van der Waals surface area contributed by atoms with Gasteiger partial charge in [0, 0.05) is 11.3 Å². The number of hydrogen-bond acceptors (Lipinski definition) is 5. The second kappa shape index (κ2) is 8.34. The highest BCUT2D eigenvalue weighted by Gasteiger charge is 2.17. The van der Waals surface area contributed by atoms with Crippen molar-refractivity contribution in [1.29, 1.82) is 0 Å². The molecule has 0 bridgehead atoms. The average Bonchev–Trinajstić information content (AvgIpc) is 3.08. The Labute approximate surface area is 162 Å². The molecule has 0 aliphatic rings. The normalized spacial score (nSPS) is 10.3. The van der Waals surface area contributed by atoms with Crippen LogP contribution in [0.3, 0.4) is 0 Å². The van der Waals surface area contributed by atoms with Crippen molar-refractivity contribution in [1.82, 2.24) is 10.2 Å². The Kier molecular flexibility index (Phi) is 5.69. The predicted octanol–water partition coefficient (Wildman–Crippen LogP) is 4.05. The van der Waals surface area contributed by atoms with Gasteiger partial charge < -0.3 is 24.8 Å². The molecule has 1 aromatic heterocycles. The molecule has 3 N–H and O–H groups in total. The number of anilines is 2. The number of hydrogen-bond donors (Lipinski definition) is 3. The van der Waals surface area contributed by atoms with E-state index in [1.54, 1.807) is 57.7 Å². The number of H-pyrrole nitrogens is 1. The topological polar surface area (TPSA) is 97.5 Å². The van der Waals surface area contributed by atoms with Crippen molar-refractivity contribution >= 4 is 17.4 Å². The van der Waals surface area contributed by atoms with Crippen molar-refractivity contribution in [3.05, 3.63) is 48.2 Å². The molecule has 1 heterocycles. The summed E-state index contributed by atoms with van der Waals surface area (Å²) in [6, 6.07) is 12.1. The van der Waals surface area contributed by atoms with E-state index in [2.05, 4.69) is 20.8 Å². The number of aromatic nitrogens is 2. The highest BCUT2D eigenvalue weighted by molar-refractivity contribution is 6.02. The van der Waals surface area contributed by atoms with E-state index >= 15 is 0 Å². The largest absolute Gasteiger partial charge is 0.497 e. The number of amides is 2.